The maximum absolute atomic E-state index is 11.4. The molecule has 1 aliphatic heterocycles. The maximum atomic E-state index is 11.4. The molecule has 2 saturated carbocycles. The molecule has 0 bridgehead atoms. The molecule has 1 aromatic rings. The predicted octanol–water partition coefficient (Wildman–Crippen LogP) is 3.06. The highest BCUT2D eigenvalue weighted by molar-refractivity contribution is 7.82. The molecule has 126 valence electrons. The lowest BCUT2D eigenvalue weighted by Crippen LogP contribution is -2.42. The van der Waals surface area contributed by atoms with E-state index >= 15 is 0 Å². The zero-order valence-electron chi connectivity index (χ0n) is 14.0. The van der Waals surface area contributed by atoms with Crippen LogP contribution in [0.25, 0.3) is 0 Å². The van der Waals surface area contributed by atoms with Crippen LogP contribution in [0, 0.1) is 5.92 Å². The van der Waals surface area contributed by atoms with Crippen molar-refractivity contribution in [3.63, 3.8) is 0 Å². The quantitative estimate of drug-likeness (QED) is 0.778. The first-order chi connectivity index (χ1) is 11.2. The van der Waals surface area contributed by atoms with Crippen molar-refractivity contribution in [2.24, 2.45) is 5.92 Å². The first-order valence-electron chi connectivity index (χ1n) is 9.10. The van der Waals surface area contributed by atoms with E-state index in [2.05, 4.69) is 40.0 Å². The Morgan fingerprint density at radius 2 is 2.13 bits per heavy atom. The summed E-state index contributed by atoms with van der Waals surface area (Å²) >= 11 is 0. The molecule has 1 heterocycles. The van der Waals surface area contributed by atoms with E-state index in [-0.39, 0.29) is 0 Å². The third kappa shape index (κ3) is 2.79. The molecular weight excluding hydrogens is 304 g/mol. The van der Waals surface area contributed by atoms with Gasteiger partial charge in [0, 0.05) is 24.4 Å². The molecule has 0 radical (unpaired) electrons. The highest BCUT2D eigenvalue weighted by Gasteiger charge is 2.70. The minimum atomic E-state index is -0.932. The number of hydrogen-bond acceptors (Lipinski definition) is 2. The molecule has 0 amide bonds. The van der Waals surface area contributed by atoms with Gasteiger partial charge in [0.2, 0.25) is 0 Å². The second kappa shape index (κ2) is 6.30. The van der Waals surface area contributed by atoms with Crippen LogP contribution in [0.2, 0.25) is 0 Å². The normalized spacial score (nSPS) is 37.2. The summed E-state index contributed by atoms with van der Waals surface area (Å²) in [5.41, 5.74) is 2.00. The summed E-state index contributed by atoms with van der Waals surface area (Å²) in [5.74, 6) is 1.45. The molecular formula is C19H28N2OS. The summed E-state index contributed by atoms with van der Waals surface area (Å²) in [4.78, 5) is 2.81. The Bertz CT molecular complexity index is 578. The number of benzene rings is 1. The van der Waals surface area contributed by atoms with E-state index in [0.29, 0.717) is 11.5 Å². The topological polar surface area (TPSA) is 32.1 Å². The Kier molecular flexibility index (Phi) is 4.33. The van der Waals surface area contributed by atoms with Gasteiger partial charge < -0.3 is 0 Å². The Balaban J connectivity index is 1.39. The van der Waals surface area contributed by atoms with Gasteiger partial charge in [-0.2, -0.15) is 0 Å². The number of rotatable bonds is 7. The highest BCUT2D eigenvalue weighted by Crippen LogP contribution is 2.64. The molecule has 1 saturated heterocycles. The third-order valence-corrected chi connectivity index (χ3v) is 7.15. The van der Waals surface area contributed by atoms with Crippen molar-refractivity contribution in [2.45, 2.75) is 56.0 Å². The molecule has 3 fully saturated rings. The van der Waals surface area contributed by atoms with E-state index in [0.717, 1.165) is 18.5 Å². The van der Waals surface area contributed by atoms with Gasteiger partial charge >= 0.3 is 0 Å². The van der Waals surface area contributed by atoms with E-state index < -0.39 is 11.0 Å². The summed E-state index contributed by atoms with van der Waals surface area (Å²) in [6, 6.07) is 11.6. The number of hydrogen-bond donors (Lipinski definition) is 1. The molecule has 1 spiro atoms. The highest BCUT2D eigenvalue weighted by atomic mass is 32.2. The van der Waals surface area contributed by atoms with Crippen molar-refractivity contribution in [3.05, 3.63) is 35.9 Å². The average Bonchev–Trinajstić information content (AvgIpc) is 3.21. The zero-order chi connectivity index (χ0) is 15.9. The second-order valence-corrected chi connectivity index (χ2v) is 8.76. The van der Waals surface area contributed by atoms with Crippen molar-refractivity contribution >= 4 is 11.0 Å². The lowest BCUT2D eigenvalue weighted by molar-refractivity contribution is 0.136. The molecule has 23 heavy (non-hydrogen) atoms. The Morgan fingerprint density at radius 3 is 2.78 bits per heavy atom. The van der Waals surface area contributed by atoms with E-state index in [1.54, 1.807) is 6.26 Å². The van der Waals surface area contributed by atoms with Gasteiger partial charge in [-0.05, 0) is 56.0 Å². The van der Waals surface area contributed by atoms with Crippen LogP contribution < -0.4 is 4.72 Å². The Hall–Kier alpha value is -0.710. The lowest BCUT2D eigenvalue weighted by atomic mass is 9.65. The molecule has 3 nitrogen and oxygen atoms in total. The largest absolute Gasteiger partial charge is 0.291 e. The molecule has 2 aliphatic carbocycles. The maximum Gasteiger partial charge on any atom is 0.0883 e. The summed E-state index contributed by atoms with van der Waals surface area (Å²) in [7, 11) is -0.932. The number of nitrogens with one attached hydrogen (secondary N) is 1. The van der Waals surface area contributed by atoms with Crippen molar-refractivity contribution in [2.75, 3.05) is 19.3 Å². The van der Waals surface area contributed by atoms with Gasteiger partial charge in [-0.25, -0.2) is 8.93 Å². The predicted molar refractivity (Wildman–Crippen MR) is 95.7 cm³/mol. The lowest BCUT2D eigenvalue weighted by Gasteiger charge is -2.41. The molecule has 1 aromatic carbocycles. The summed E-state index contributed by atoms with van der Waals surface area (Å²) in [6.45, 7) is 2.01. The number of likely N-dealkylation sites (tertiary alicyclic amines) is 1. The summed E-state index contributed by atoms with van der Waals surface area (Å²) < 4.78 is 14.6. The monoisotopic (exact) mass is 332 g/mol. The fourth-order valence-corrected chi connectivity index (χ4v) is 5.72. The molecule has 6 atom stereocenters. The smallest absolute Gasteiger partial charge is 0.0883 e. The van der Waals surface area contributed by atoms with Crippen LogP contribution in [0.4, 0.5) is 0 Å². The van der Waals surface area contributed by atoms with E-state index in [1.807, 2.05) is 0 Å². The second-order valence-electron chi connectivity index (χ2n) is 7.57. The third-order valence-electron chi connectivity index (χ3n) is 6.57. The fourth-order valence-electron chi connectivity index (χ4n) is 5.28. The van der Waals surface area contributed by atoms with E-state index in [4.69, 9.17) is 0 Å². The van der Waals surface area contributed by atoms with Crippen LogP contribution in [-0.2, 0) is 11.0 Å². The van der Waals surface area contributed by atoms with Gasteiger partial charge in [-0.3, -0.25) is 4.90 Å². The zero-order valence-corrected chi connectivity index (χ0v) is 14.9. The molecule has 4 unspecified atom stereocenters. The van der Waals surface area contributed by atoms with Crippen LogP contribution in [0.5, 0.6) is 0 Å². The molecule has 4 heteroatoms. The number of nitrogens with zero attached hydrogens (tertiary/aromatic N) is 1. The van der Waals surface area contributed by atoms with Crippen molar-refractivity contribution in [1.29, 1.82) is 0 Å². The standard InChI is InChI=1S/C19H28N2OS/c1-23(22)20-14-16(15-6-3-2-4-7-15)11-13-21-18-9-5-8-17-10-12-19(17,18)21/h2-4,6-7,16-18,20H,5,8-14H2,1H3/t16?,17-,18+,19?,21?,23?/m1/s1. The van der Waals surface area contributed by atoms with Gasteiger partial charge in [0.15, 0.2) is 0 Å². The first-order valence-corrected chi connectivity index (χ1v) is 10.7. The Labute approximate surface area is 142 Å². The first kappa shape index (κ1) is 15.8. The minimum absolute atomic E-state index is 0.456. The SMILES string of the molecule is CS(=O)NCC(CCN1[C@H]2CCC[C@@H]3CCC321)c1ccccc1. The average molecular weight is 333 g/mol. The van der Waals surface area contributed by atoms with Crippen molar-refractivity contribution < 1.29 is 4.21 Å². The van der Waals surface area contributed by atoms with Crippen LogP contribution in [0.15, 0.2) is 30.3 Å². The molecule has 3 aliphatic rings. The van der Waals surface area contributed by atoms with Gasteiger partial charge in [0.1, 0.15) is 0 Å². The van der Waals surface area contributed by atoms with Crippen LogP contribution in [0.1, 0.15) is 50.0 Å². The van der Waals surface area contributed by atoms with Gasteiger partial charge in [0.25, 0.3) is 0 Å². The minimum Gasteiger partial charge on any atom is -0.291 e. The summed E-state index contributed by atoms with van der Waals surface area (Å²) in [6.07, 6.45) is 10.1. The van der Waals surface area contributed by atoms with E-state index in [1.165, 1.54) is 50.6 Å². The summed E-state index contributed by atoms with van der Waals surface area (Å²) in [5, 5.41) is 0. The van der Waals surface area contributed by atoms with E-state index in [9.17, 15) is 4.21 Å². The fraction of sp³-hybridized carbons (Fsp3) is 0.684. The van der Waals surface area contributed by atoms with Crippen LogP contribution in [0.3, 0.4) is 0 Å². The van der Waals surface area contributed by atoms with Gasteiger partial charge in [-0.1, -0.05) is 36.8 Å². The molecule has 0 aromatic heterocycles. The molecule has 4 rings (SSSR count). The Morgan fingerprint density at radius 1 is 1.30 bits per heavy atom. The van der Waals surface area contributed by atoms with Crippen molar-refractivity contribution in [3.8, 4) is 0 Å². The molecule has 1 N–H and O–H groups in total. The van der Waals surface area contributed by atoms with Crippen molar-refractivity contribution in [1.82, 2.24) is 9.62 Å². The van der Waals surface area contributed by atoms with Gasteiger partial charge in [0.05, 0.1) is 11.0 Å². The van der Waals surface area contributed by atoms with Crippen LogP contribution >= 0.6 is 0 Å². The van der Waals surface area contributed by atoms with Crippen LogP contribution in [-0.4, -0.2) is 40.0 Å². The van der Waals surface area contributed by atoms with Gasteiger partial charge in [-0.15, -0.1) is 0 Å².